The van der Waals surface area contributed by atoms with Gasteiger partial charge in [0.2, 0.25) is 0 Å². The lowest BCUT2D eigenvalue weighted by atomic mass is 10.1. The molecule has 6 rings (SSSR count). The zero-order valence-electron chi connectivity index (χ0n) is 35.4. The Morgan fingerprint density at radius 3 is 1.59 bits per heavy atom. The van der Waals surface area contributed by atoms with Gasteiger partial charge in [-0.1, -0.05) is 163 Å². The van der Waals surface area contributed by atoms with Crippen LogP contribution in [-0.2, 0) is 23.2 Å². The average Bonchev–Trinajstić information content (AvgIpc) is 3.53. The summed E-state index contributed by atoms with van der Waals surface area (Å²) >= 11 is 0. The van der Waals surface area contributed by atoms with E-state index in [9.17, 15) is 4.79 Å². The lowest BCUT2D eigenvalue weighted by Crippen LogP contribution is -2.70. The molecule has 0 spiro atoms. The van der Waals surface area contributed by atoms with Gasteiger partial charge in [0, 0.05) is 25.9 Å². The van der Waals surface area contributed by atoms with Crippen molar-refractivity contribution in [3.05, 3.63) is 144 Å². The van der Waals surface area contributed by atoms with E-state index in [1.54, 1.807) is 11.3 Å². The second-order valence-electron chi connectivity index (χ2n) is 17.3. The number of hydroxylamine groups is 2. The fourth-order valence-corrected chi connectivity index (χ4v) is 17.7. The number of ether oxygens (including phenoxy) is 2. The Hall–Kier alpha value is -4.25. The topological polar surface area (TPSA) is 110 Å². The summed E-state index contributed by atoms with van der Waals surface area (Å²) in [5.74, 6) is 0.169. The van der Waals surface area contributed by atoms with Gasteiger partial charge in [0.1, 0.15) is 24.1 Å². The molecule has 0 radical (unpaired) electrons. The minimum atomic E-state index is -3.23. The first-order valence-corrected chi connectivity index (χ1v) is 23.9. The molecule has 12 heteroatoms. The van der Waals surface area contributed by atoms with Crippen molar-refractivity contribution in [1.29, 1.82) is 0 Å². The maximum absolute atomic E-state index is 13.8. The molecule has 308 valence electrons. The number of hydrogen-bond donors (Lipinski definition) is 1. The van der Waals surface area contributed by atoms with Gasteiger partial charge in [-0.15, -0.1) is 0 Å². The van der Waals surface area contributed by atoms with Gasteiger partial charge in [0.15, 0.2) is 6.23 Å². The molecule has 1 aliphatic rings. The van der Waals surface area contributed by atoms with Crippen molar-refractivity contribution in [2.75, 3.05) is 39.6 Å². The van der Waals surface area contributed by atoms with Gasteiger partial charge in [-0.05, 0) is 37.7 Å². The normalized spacial score (nSPS) is 19.1. The van der Waals surface area contributed by atoms with Crippen LogP contribution in [0.1, 0.15) is 53.3 Å². The van der Waals surface area contributed by atoms with E-state index in [0.29, 0.717) is 5.56 Å². The summed E-state index contributed by atoms with van der Waals surface area (Å²) in [7, 11) is -2.62. The summed E-state index contributed by atoms with van der Waals surface area (Å²) in [5.41, 5.74) is 6.27. The molecule has 0 bridgehead atoms. The first kappa shape index (κ1) is 43.3. The smallest absolute Gasteiger partial charge is 0.351 e. The Morgan fingerprint density at radius 2 is 1.16 bits per heavy atom. The van der Waals surface area contributed by atoms with Crippen molar-refractivity contribution in [3.63, 3.8) is 0 Å². The number of rotatable bonds is 15. The zero-order valence-corrected chi connectivity index (χ0v) is 37.4. The Balaban J connectivity index is 1.56. The molecule has 0 saturated carbocycles. The van der Waals surface area contributed by atoms with Crippen LogP contribution in [-0.4, -0.2) is 83.5 Å². The number of hydrogen-bond acceptors (Lipinski definition) is 9. The minimum Gasteiger partial charge on any atom is -0.405 e. The van der Waals surface area contributed by atoms with Crippen LogP contribution in [0.2, 0.25) is 10.1 Å². The number of nitrogen functional groups attached to an aromatic ring is 1. The Bertz CT molecular complexity index is 2050. The van der Waals surface area contributed by atoms with E-state index in [0.717, 1.165) is 20.7 Å². The van der Waals surface area contributed by atoms with Crippen molar-refractivity contribution in [2.45, 2.75) is 83.1 Å². The number of aryl methyl sites for hydroxylation is 1. The second-order valence-corrected chi connectivity index (χ2v) is 25.8. The molecule has 1 aliphatic heterocycles. The lowest BCUT2D eigenvalue weighted by Gasteiger charge is -2.46. The number of nitrogens with zero attached hydrogens (tertiary/aromatic N) is 3. The second kappa shape index (κ2) is 17.9. The van der Waals surface area contributed by atoms with Crippen molar-refractivity contribution < 1.29 is 23.2 Å². The summed E-state index contributed by atoms with van der Waals surface area (Å²) in [4.78, 5) is 23.8. The van der Waals surface area contributed by atoms with Crippen LogP contribution in [0.5, 0.6) is 0 Å². The van der Waals surface area contributed by atoms with E-state index in [1.807, 2.05) is 45.3 Å². The van der Waals surface area contributed by atoms with E-state index < -0.39 is 46.9 Å². The molecule has 1 saturated heterocycles. The third kappa shape index (κ3) is 8.70. The standard InChI is InChI=1S/C46H60N4O6Si2/c1-34-32-50(44(51)48-42(34)47)43-41(52-30-31-53-49(8)9)40(56-58(46(5,6)7,37-26-18-12-19-27-37)38-28-20-13-21-29-38)39(55-43)33-54-57(45(2,3)4,35-22-14-10-15-23-35)36-24-16-11-17-25-36/h10-29,32,39-41,43H,30-31,33H2,1-9H3,(H2,47,48,51)/t39-,40-,41-,43-/m1/s1. The van der Waals surface area contributed by atoms with E-state index in [-0.39, 0.29) is 35.7 Å². The van der Waals surface area contributed by atoms with Crippen molar-refractivity contribution in [2.24, 2.45) is 0 Å². The number of nitrogens with two attached hydrogens (primary N) is 1. The molecule has 0 unspecified atom stereocenters. The van der Waals surface area contributed by atoms with Gasteiger partial charge in [0.05, 0.1) is 19.8 Å². The largest absolute Gasteiger partial charge is 0.405 e. The Labute approximate surface area is 346 Å². The zero-order chi connectivity index (χ0) is 41.7. The van der Waals surface area contributed by atoms with E-state index in [4.69, 9.17) is 28.9 Å². The Kier molecular flexibility index (Phi) is 13.4. The van der Waals surface area contributed by atoms with Gasteiger partial charge in [-0.25, -0.2) is 4.79 Å². The Morgan fingerprint density at radius 1 is 0.707 bits per heavy atom. The summed E-state index contributed by atoms with van der Waals surface area (Å²) in [6, 6.07) is 42.1. The van der Waals surface area contributed by atoms with Crippen LogP contribution in [0.25, 0.3) is 0 Å². The van der Waals surface area contributed by atoms with Crippen LogP contribution in [0, 0.1) is 6.92 Å². The highest BCUT2D eigenvalue weighted by Gasteiger charge is 2.58. The first-order valence-electron chi connectivity index (χ1n) is 20.1. The summed E-state index contributed by atoms with van der Waals surface area (Å²) in [6.07, 6.45) is -1.39. The lowest BCUT2D eigenvalue weighted by molar-refractivity contribution is -0.150. The van der Waals surface area contributed by atoms with E-state index in [1.165, 1.54) is 4.57 Å². The van der Waals surface area contributed by atoms with Crippen LogP contribution in [0.15, 0.2) is 132 Å². The molecule has 4 atom stereocenters. The van der Waals surface area contributed by atoms with E-state index in [2.05, 4.69) is 144 Å². The highest BCUT2D eigenvalue weighted by Crippen LogP contribution is 2.43. The third-order valence-corrected chi connectivity index (χ3v) is 21.1. The van der Waals surface area contributed by atoms with Crippen LogP contribution >= 0.6 is 0 Å². The monoisotopic (exact) mass is 820 g/mol. The maximum atomic E-state index is 13.8. The SMILES string of the molecule is Cc1cn([C@@H]2O[C@H](CO[Si](c3ccccc3)(c3ccccc3)C(C)(C)C)[C@@H](O[Si](c3ccccc3)(c3ccccc3)C(C)(C)C)[C@H]2OCCON(C)C)c(=O)nc1N. The summed E-state index contributed by atoms with van der Waals surface area (Å²) in [5, 5.41) is 5.50. The average molecular weight is 821 g/mol. The van der Waals surface area contributed by atoms with Crippen molar-refractivity contribution in [1.82, 2.24) is 14.6 Å². The first-order chi connectivity index (χ1) is 27.6. The molecule has 1 fully saturated rings. The summed E-state index contributed by atoms with van der Waals surface area (Å²) < 4.78 is 31.0. The third-order valence-electron chi connectivity index (χ3n) is 11.1. The molecule has 5 aromatic rings. The van der Waals surface area contributed by atoms with Gasteiger partial charge in [-0.3, -0.25) is 9.40 Å². The molecular formula is C46H60N4O6Si2. The molecule has 58 heavy (non-hydrogen) atoms. The van der Waals surface area contributed by atoms with Crippen LogP contribution < -0.4 is 32.2 Å². The maximum Gasteiger partial charge on any atom is 0.351 e. The molecule has 2 heterocycles. The van der Waals surface area contributed by atoms with Gasteiger partial charge < -0.3 is 24.1 Å². The molecule has 2 N–H and O–H groups in total. The van der Waals surface area contributed by atoms with Crippen LogP contribution in [0.3, 0.4) is 0 Å². The van der Waals surface area contributed by atoms with Crippen molar-refractivity contribution >= 4 is 43.2 Å². The number of benzene rings is 4. The van der Waals surface area contributed by atoms with Crippen LogP contribution in [0.4, 0.5) is 5.82 Å². The fraction of sp³-hybridized carbons (Fsp3) is 0.391. The molecular weight excluding hydrogens is 761 g/mol. The highest BCUT2D eigenvalue weighted by molar-refractivity contribution is 7.00. The van der Waals surface area contributed by atoms with Gasteiger partial charge in [0.25, 0.3) is 16.6 Å². The summed E-state index contributed by atoms with van der Waals surface area (Å²) in [6.45, 7) is 16.0. The predicted octanol–water partition coefficient (Wildman–Crippen LogP) is 5.43. The van der Waals surface area contributed by atoms with E-state index >= 15 is 0 Å². The quantitative estimate of drug-likeness (QED) is 0.0841. The fourth-order valence-electron chi connectivity index (χ4n) is 8.42. The predicted molar refractivity (Wildman–Crippen MR) is 237 cm³/mol. The molecule has 4 aromatic carbocycles. The molecule has 10 nitrogen and oxygen atoms in total. The number of anilines is 1. The minimum absolute atomic E-state index is 0.164. The van der Waals surface area contributed by atoms with Gasteiger partial charge in [-0.2, -0.15) is 10.0 Å². The molecule has 0 amide bonds. The molecule has 1 aromatic heterocycles. The number of aromatic nitrogens is 2. The van der Waals surface area contributed by atoms with Gasteiger partial charge >= 0.3 is 5.69 Å². The highest BCUT2D eigenvalue weighted by atomic mass is 28.4. The van der Waals surface area contributed by atoms with Crippen molar-refractivity contribution in [3.8, 4) is 0 Å². The molecule has 0 aliphatic carbocycles.